The van der Waals surface area contributed by atoms with Crippen LogP contribution >= 0.6 is 0 Å². The van der Waals surface area contributed by atoms with Crippen molar-refractivity contribution >= 4 is 21.8 Å². The van der Waals surface area contributed by atoms with Crippen molar-refractivity contribution in [1.82, 2.24) is 14.5 Å². The van der Waals surface area contributed by atoms with Crippen LogP contribution in [0.15, 0.2) is 53.4 Å². The van der Waals surface area contributed by atoms with Crippen LogP contribution in [0.3, 0.4) is 0 Å². The van der Waals surface area contributed by atoms with Crippen LogP contribution in [-0.4, -0.2) is 55.1 Å². The molecule has 2 aromatic rings. The molecule has 9 heteroatoms. The number of nitrogens with one attached hydrogen (secondary N) is 1. The minimum absolute atomic E-state index is 0.160. The summed E-state index contributed by atoms with van der Waals surface area (Å²) in [5.41, 5.74) is 1.57. The zero-order chi connectivity index (χ0) is 26.8. The van der Waals surface area contributed by atoms with Crippen molar-refractivity contribution in [1.29, 1.82) is 0 Å². The molecule has 1 fully saturated rings. The maximum Gasteiger partial charge on any atom is 0.243 e. The molecule has 37 heavy (non-hydrogen) atoms. The monoisotopic (exact) mass is 531 g/mol. The molecule has 0 aliphatic carbocycles. The number of benzene rings is 2. The Morgan fingerprint density at radius 2 is 1.62 bits per heavy atom. The van der Waals surface area contributed by atoms with E-state index in [1.807, 2.05) is 0 Å². The van der Waals surface area contributed by atoms with Crippen LogP contribution in [0, 0.1) is 5.82 Å². The summed E-state index contributed by atoms with van der Waals surface area (Å²) < 4.78 is 40.4. The van der Waals surface area contributed by atoms with E-state index in [0.717, 1.165) is 43.2 Å². The Hall–Kier alpha value is -2.78. The van der Waals surface area contributed by atoms with Gasteiger partial charge in [-0.25, -0.2) is 12.8 Å². The van der Waals surface area contributed by atoms with Gasteiger partial charge in [-0.2, -0.15) is 4.31 Å². The number of carbonyl (C=O) groups excluding carboxylic acids is 2. The predicted molar refractivity (Wildman–Crippen MR) is 142 cm³/mol. The van der Waals surface area contributed by atoms with Crippen molar-refractivity contribution in [2.75, 3.05) is 19.6 Å². The molecule has 1 saturated heterocycles. The van der Waals surface area contributed by atoms with Crippen LogP contribution in [0.5, 0.6) is 0 Å². The Morgan fingerprint density at radius 1 is 1.00 bits per heavy atom. The normalized spacial score (nSPS) is 14.9. The quantitative estimate of drug-likeness (QED) is 0.391. The molecule has 202 valence electrons. The summed E-state index contributed by atoms with van der Waals surface area (Å²) >= 11 is 0. The highest BCUT2D eigenvalue weighted by molar-refractivity contribution is 7.89. The molecule has 1 aliphatic rings. The highest BCUT2D eigenvalue weighted by Gasteiger charge is 2.28. The Balaban J connectivity index is 1.66. The smallest absolute Gasteiger partial charge is 0.243 e. The van der Waals surface area contributed by atoms with Gasteiger partial charge in [0.2, 0.25) is 21.8 Å². The number of hydrogen-bond acceptors (Lipinski definition) is 4. The molecule has 0 spiro atoms. The van der Waals surface area contributed by atoms with Crippen LogP contribution < -0.4 is 5.32 Å². The van der Waals surface area contributed by atoms with Gasteiger partial charge in [-0.15, -0.1) is 0 Å². The molecule has 0 saturated carbocycles. The summed E-state index contributed by atoms with van der Waals surface area (Å²) in [6, 6.07) is 11.9. The maximum atomic E-state index is 13.4. The van der Waals surface area contributed by atoms with E-state index in [0.29, 0.717) is 26.1 Å². The summed E-state index contributed by atoms with van der Waals surface area (Å²) in [7, 11) is -3.48. The van der Waals surface area contributed by atoms with E-state index in [1.54, 1.807) is 43.3 Å². The van der Waals surface area contributed by atoms with Gasteiger partial charge in [0.15, 0.2) is 0 Å². The number of nitrogens with zero attached hydrogens (tertiary/aromatic N) is 2. The second-order valence-electron chi connectivity index (χ2n) is 9.58. The van der Waals surface area contributed by atoms with E-state index in [4.69, 9.17) is 0 Å². The molecule has 0 aromatic heterocycles. The average molecular weight is 532 g/mol. The van der Waals surface area contributed by atoms with E-state index < -0.39 is 16.1 Å². The number of aryl methyl sites for hydroxylation is 1. The van der Waals surface area contributed by atoms with Gasteiger partial charge in [-0.3, -0.25) is 9.59 Å². The molecule has 0 unspecified atom stereocenters. The lowest BCUT2D eigenvalue weighted by Gasteiger charge is -2.29. The maximum absolute atomic E-state index is 13.4. The molecule has 0 bridgehead atoms. The summed E-state index contributed by atoms with van der Waals surface area (Å²) in [5.74, 6) is -0.782. The van der Waals surface area contributed by atoms with Gasteiger partial charge >= 0.3 is 0 Å². The van der Waals surface area contributed by atoms with Crippen molar-refractivity contribution in [3.63, 3.8) is 0 Å². The van der Waals surface area contributed by atoms with Crippen molar-refractivity contribution in [3.05, 3.63) is 65.5 Å². The molecule has 1 atom stereocenters. The first-order chi connectivity index (χ1) is 17.7. The summed E-state index contributed by atoms with van der Waals surface area (Å²) in [6.45, 7) is 5.64. The number of carbonyl (C=O) groups is 2. The van der Waals surface area contributed by atoms with Crippen LogP contribution in [0.4, 0.5) is 4.39 Å². The fraction of sp³-hybridized carbons (Fsp3) is 0.500. The number of unbranched alkanes of at least 4 members (excludes halogenated alkanes) is 2. The summed E-state index contributed by atoms with van der Waals surface area (Å²) in [5, 5.41) is 2.91. The SMILES string of the molecule is CCCCCNC(=O)[C@H](C)N(Cc1ccc(F)cc1)C(=O)CCc1ccc(S(=O)(=O)N2CCCC2)cc1. The first-order valence-corrected chi connectivity index (χ1v) is 14.6. The summed E-state index contributed by atoms with van der Waals surface area (Å²) in [6.07, 6.45) is 5.27. The molecule has 1 aliphatic heterocycles. The number of rotatable bonds is 13. The van der Waals surface area contributed by atoms with Crippen LogP contribution in [0.25, 0.3) is 0 Å². The van der Waals surface area contributed by atoms with Crippen molar-refractivity contribution in [2.45, 2.75) is 76.3 Å². The van der Waals surface area contributed by atoms with Gasteiger partial charge in [0, 0.05) is 32.6 Å². The first kappa shape index (κ1) is 28.8. The third kappa shape index (κ3) is 8.10. The highest BCUT2D eigenvalue weighted by Crippen LogP contribution is 2.22. The van der Waals surface area contributed by atoms with Crippen molar-refractivity contribution in [3.8, 4) is 0 Å². The Labute approximate surface area is 220 Å². The lowest BCUT2D eigenvalue weighted by Crippen LogP contribution is -2.47. The van der Waals surface area contributed by atoms with Crippen LogP contribution in [0.1, 0.15) is 63.5 Å². The largest absolute Gasteiger partial charge is 0.354 e. The van der Waals surface area contributed by atoms with Gasteiger partial charge in [-0.1, -0.05) is 44.0 Å². The molecule has 0 radical (unpaired) electrons. The lowest BCUT2D eigenvalue weighted by atomic mass is 10.1. The van der Waals surface area contributed by atoms with Gasteiger partial charge < -0.3 is 10.2 Å². The average Bonchev–Trinajstić information content (AvgIpc) is 3.45. The third-order valence-electron chi connectivity index (χ3n) is 6.77. The predicted octanol–water partition coefficient (Wildman–Crippen LogP) is 4.27. The minimum Gasteiger partial charge on any atom is -0.354 e. The zero-order valence-corrected chi connectivity index (χ0v) is 22.6. The van der Waals surface area contributed by atoms with Gasteiger partial charge in [-0.05, 0) is 68.0 Å². The van der Waals surface area contributed by atoms with Gasteiger partial charge in [0.05, 0.1) is 4.90 Å². The number of amides is 2. The number of hydrogen-bond donors (Lipinski definition) is 1. The van der Waals surface area contributed by atoms with Crippen molar-refractivity contribution in [2.24, 2.45) is 0 Å². The third-order valence-corrected chi connectivity index (χ3v) is 8.68. The van der Waals surface area contributed by atoms with Gasteiger partial charge in [0.1, 0.15) is 11.9 Å². The Kier molecular flexibility index (Phi) is 10.6. The summed E-state index contributed by atoms with van der Waals surface area (Å²) in [4.78, 5) is 27.8. The standard InChI is InChI=1S/C28H38FN3O4S/c1-3-4-5-18-30-28(34)22(2)32(21-24-8-13-25(29)14-9-24)27(33)17-12-23-10-15-26(16-11-23)37(35,36)31-19-6-7-20-31/h8-11,13-16,22H,3-7,12,17-21H2,1-2H3,(H,30,34)/t22-/m0/s1. The molecule has 2 amide bonds. The second-order valence-corrected chi connectivity index (χ2v) is 11.5. The molecule has 2 aromatic carbocycles. The zero-order valence-electron chi connectivity index (χ0n) is 21.8. The fourth-order valence-corrected chi connectivity index (χ4v) is 5.92. The van der Waals surface area contributed by atoms with E-state index in [2.05, 4.69) is 12.2 Å². The molecule has 1 N–H and O–H groups in total. The number of sulfonamides is 1. The second kappa shape index (κ2) is 13.7. The molecular formula is C28H38FN3O4S. The molecule has 1 heterocycles. The van der Waals surface area contributed by atoms with Crippen molar-refractivity contribution < 1.29 is 22.4 Å². The molecular weight excluding hydrogens is 493 g/mol. The van der Waals surface area contributed by atoms with E-state index in [9.17, 15) is 22.4 Å². The minimum atomic E-state index is -3.48. The van der Waals surface area contributed by atoms with Gasteiger partial charge in [0.25, 0.3) is 0 Å². The Morgan fingerprint density at radius 3 is 2.24 bits per heavy atom. The fourth-order valence-electron chi connectivity index (χ4n) is 4.40. The topological polar surface area (TPSA) is 86.8 Å². The molecule has 7 nitrogen and oxygen atoms in total. The lowest BCUT2D eigenvalue weighted by molar-refractivity contribution is -0.140. The van der Waals surface area contributed by atoms with E-state index >= 15 is 0 Å². The number of halogens is 1. The highest BCUT2D eigenvalue weighted by atomic mass is 32.2. The van der Waals surface area contributed by atoms with Crippen LogP contribution in [0.2, 0.25) is 0 Å². The van der Waals surface area contributed by atoms with E-state index in [-0.39, 0.29) is 35.5 Å². The van der Waals surface area contributed by atoms with E-state index in [1.165, 1.54) is 21.3 Å². The Bertz CT molecular complexity index is 1130. The van der Waals surface area contributed by atoms with Crippen LogP contribution in [-0.2, 0) is 32.6 Å². The molecule has 3 rings (SSSR count). The first-order valence-electron chi connectivity index (χ1n) is 13.1.